The largest absolute Gasteiger partial charge is 0.461 e. The predicted molar refractivity (Wildman–Crippen MR) is 39.9 cm³/mol. The topological polar surface area (TPSA) is 46.5 Å². The van der Waals surface area contributed by atoms with Gasteiger partial charge in [0.1, 0.15) is 6.61 Å². The summed E-state index contributed by atoms with van der Waals surface area (Å²) in [6.45, 7) is 0.289. The average molecular weight is 156 g/mol. The number of rotatable bonds is 4. The molecule has 0 unspecified atom stereocenters. The zero-order valence-electron chi connectivity index (χ0n) is 6.32. The molecule has 1 aliphatic rings. The fourth-order valence-corrected chi connectivity index (χ4v) is 0.710. The van der Waals surface area contributed by atoms with Crippen LogP contribution in [0.25, 0.3) is 0 Å². The molecule has 0 aromatic carbocycles. The zero-order valence-corrected chi connectivity index (χ0v) is 6.32. The van der Waals surface area contributed by atoms with E-state index in [2.05, 4.69) is 0 Å². The molecule has 0 saturated heterocycles. The maximum atomic E-state index is 10.8. The molecule has 1 N–H and O–H groups in total. The minimum absolute atomic E-state index is 0.000971. The molecule has 0 aromatic rings. The summed E-state index contributed by atoms with van der Waals surface area (Å²) in [7, 11) is 0. The Kier molecular flexibility index (Phi) is 3.11. The maximum Gasteiger partial charge on any atom is 0.309 e. The van der Waals surface area contributed by atoms with Crippen LogP contribution in [0.1, 0.15) is 12.8 Å². The molecule has 0 aliphatic heterocycles. The van der Waals surface area contributed by atoms with E-state index >= 15 is 0 Å². The second-order valence-electron chi connectivity index (χ2n) is 2.56. The first kappa shape index (κ1) is 8.27. The minimum Gasteiger partial charge on any atom is -0.461 e. The first-order chi connectivity index (χ1) is 5.34. The lowest BCUT2D eigenvalue weighted by Crippen LogP contribution is -2.05. The molecule has 0 spiro atoms. The van der Waals surface area contributed by atoms with E-state index in [1.807, 2.05) is 0 Å². The van der Waals surface area contributed by atoms with Gasteiger partial charge in [-0.05, 0) is 18.9 Å². The van der Waals surface area contributed by atoms with Crippen LogP contribution in [0.3, 0.4) is 0 Å². The number of carbonyl (C=O) groups is 1. The summed E-state index contributed by atoms with van der Waals surface area (Å²) in [6.07, 6.45) is 5.14. The van der Waals surface area contributed by atoms with Gasteiger partial charge in [0.25, 0.3) is 0 Å². The lowest BCUT2D eigenvalue weighted by atomic mass is 10.4. The van der Waals surface area contributed by atoms with Crippen molar-refractivity contribution >= 4 is 5.97 Å². The van der Waals surface area contributed by atoms with E-state index in [4.69, 9.17) is 9.84 Å². The van der Waals surface area contributed by atoms with Gasteiger partial charge in [-0.1, -0.05) is 6.08 Å². The Bertz CT molecular complexity index is 159. The molecule has 3 nitrogen and oxygen atoms in total. The third-order valence-electron chi connectivity index (χ3n) is 1.50. The molecule has 0 atom stereocenters. The number of carbonyl (C=O) groups excluding carboxylic acids is 1. The second-order valence-corrected chi connectivity index (χ2v) is 2.56. The Morgan fingerprint density at radius 3 is 2.82 bits per heavy atom. The van der Waals surface area contributed by atoms with Gasteiger partial charge in [-0.15, -0.1) is 0 Å². The van der Waals surface area contributed by atoms with Crippen LogP contribution in [0.5, 0.6) is 0 Å². The van der Waals surface area contributed by atoms with Crippen LogP contribution >= 0.6 is 0 Å². The SMILES string of the molecule is O=C(OC/C=C/CO)C1CC1. The number of aliphatic hydroxyl groups excluding tert-OH is 1. The molecule has 11 heavy (non-hydrogen) atoms. The molecular weight excluding hydrogens is 144 g/mol. The Hall–Kier alpha value is -0.830. The molecular formula is C8H12O3. The predicted octanol–water partition coefficient (Wildman–Crippen LogP) is 0.488. The molecule has 0 radical (unpaired) electrons. The van der Waals surface area contributed by atoms with Gasteiger partial charge in [-0.25, -0.2) is 0 Å². The standard InChI is InChI=1S/C8H12O3/c9-5-1-2-6-11-8(10)7-3-4-7/h1-2,7,9H,3-6H2/b2-1+. The summed E-state index contributed by atoms with van der Waals surface area (Å²) in [5.41, 5.74) is 0. The summed E-state index contributed by atoms with van der Waals surface area (Å²) in [5.74, 6) is 0.0603. The quantitative estimate of drug-likeness (QED) is 0.476. The van der Waals surface area contributed by atoms with Crippen molar-refractivity contribution in [1.29, 1.82) is 0 Å². The van der Waals surface area contributed by atoms with Gasteiger partial charge in [-0.2, -0.15) is 0 Å². The van der Waals surface area contributed by atoms with E-state index < -0.39 is 0 Å². The van der Waals surface area contributed by atoms with Gasteiger partial charge in [0.05, 0.1) is 12.5 Å². The van der Waals surface area contributed by atoms with Crippen LogP contribution < -0.4 is 0 Å². The summed E-state index contributed by atoms with van der Waals surface area (Å²) in [4.78, 5) is 10.8. The van der Waals surface area contributed by atoms with Crippen molar-refractivity contribution < 1.29 is 14.6 Å². The first-order valence-electron chi connectivity index (χ1n) is 3.77. The molecule has 1 aliphatic carbocycles. The highest BCUT2D eigenvalue weighted by Gasteiger charge is 2.30. The lowest BCUT2D eigenvalue weighted by molar-refractivity contribution is -0.143. The van der Waals surface area contributed by atoms with Crippen LogP contribution in [-0.2, 0) is 9.53 Å². The van der Waals surface area contributed by atoms with Crippen molar-refractivity contribution in [3.05, 3.63) is 12.2 Å². The first-order valence-corrected chi connectivity index (χ1v) is 3.77. The molecule has 3 heteroatoms. The minimum atomic E-state index is -0.104. The van der Waals surface area contributed by atoms with Crippen molar-refractivity contribution in [3.8, 4) is 0 Å². The molecule has 1 saturated carbocycles. The van der Waals surface area contributed by atoms with E-state index in [-0.39, 0.29) is 25.1 Å². The highest BCUT2D eigenvalue weighted by atomic mass is 16.5. The van der Waals surface area contributed by atoms with E-state index in [1.54, 1.807) is 12.2 Å². The fourth-order valence-electron chi connectivity index (χ4n) is 0.710. The van der Waals surface area contributed by atoms with Gasteiger partial charge >= 0.3 is 5.97 Å². The lowest BCUT2D eigenvalue weighted by Gasteiger charge is -1.97. The van der Waals surface area contributed by atoms with Crippen LogP contribution in [-0.4, -0.2) is 24.3 Å². The van der Waals surface area contributed by atoms with Crippen molar-refractivity contribution in [2.24, 2.45) is 5.92 Å². The third kappa shape index (κ3) is 3.18. The average Bonchev–Trinajstić information content (AvgIpc) is 2.79. The van der Waals surface area contributed by atoms with Crippen molar-refractivity contribution in [2.45, 2.75) is 12.8 Å². The molecule has 0 bridgehead atoms. The van der Waals surface area contributed by atoms with Gasteiger partial charge in [0, 0.05) is 0 Å². The van der Waals surface area contributed by atoms with Crippen LogP contribution in [0.4, 0.5) is 0 Å². The van der Waals surface area contributed by atoms with Crippen molar-refractivity contribution in [3.63, 3.8) is 0 Å². The highest BCUT2D eigenvalue weighted by Crippen LogP contribution is 2.29. The van der Waals surface area contributed by atoms with E-state index in [1.165, 1.54) is 0 Å². The molecule has 62 valence electrons. The van der Waals surface area contributed by atoms with Gasteiger partial charge in [0.2, 0.25) is 0 Å². The van der Waals surface area contributed by atoms with Crippen LogP contribution in [0.15, 0.2) is 12.2 Å². The molecule has 1 rings (SSSR count). The molecule has 0 amide bonds. The van der Waals surface area contributed by atoms with Crippen molar-refractivity contribution in [2.75, 3.05) is 13.2 Å². The summed E-state index contributed by atoms with van der Waals surface area (Å²) in [5, 5.41) is 8.33. The Morgan fingerprint density at radius 2 is 2.27 bits per heavy atom. The Morgan fingerprint density at radius 1 is 1.55 bits per heavy atom. The monoisotopic (exact) mass is 156 g/mol. The van der Waals surface area contributed by atoms with Gasteiger partial charge in [0.15, 0.2) is 0 Å². The number of hydrogen-bond acceptors (Lipinski definition) is 3. The summed E-state index contributed by atoms with van der Waals surface area (Å²) < 4.78 is 4.83. The van der Waals surface area contributed by atoms with Gasteiger partial charge in [-0.3, -0.25) is 4.79 Å². The summed E-state index contributed by atoms with van der Waals surface area (Å²) in [6, 6.07) is 0. The normalized spacial score (nSPS) is 17.2. The Labute approximate surface area is 65.7 Å². The number of hydrogen-bond donors (Lipinski definition) is 1. The van der Waals surface area contributed by atoms with E-state index in [0.717, 1.165) is 12.8 Å². The Balaban J connectivity index is 2.01. The maximum absolute atomic E-state index is 10.8. The number of esters is 1. The van der Waals surface area contributed by atoms with E-state index in [9.17, 15) is 4.79 Å². The van der Waals surface area contributed by atoms with Crippen LogP contribution in [0.2, 0.25) is 0 Å². The smallest absolute Gasteiger partial charge is 0.309 e. The van der Waals surface area contributed by atoms with Crippen LogP contribution in [0, 0.1) is 5.92 Å². The van der Waals surface area contributed by atoms with E-state index in [0.29, 0.717) is 0 Å². The zero-order chi connectivity index (χ0) is 8.10. The summed E-state index contributed by atoms with van der Waals surface area (Å²) >= 11 is 0. The second kappa shape index (κ2) is 4.13. The number of aliphatic hydroxyl groups is 1. The molecule has 0 heterocycles. The van der Waals surface area contributed by atoms with Crippen molar-refractivity contribution in [1.82, 2.24) is 0 Å². The highest BCUT2D eigenvalue weighted by molar-refractivity contribution is 5.74. The third-order valence-corrected chi connectivity index (χ3v) is 1.50. The molecule has 0 aromatic heterocycles. The van der Waals surface area contributed by atoms with Gasteiger partial charge < -0.3 is 9.84 Å². The fraction of sp³-hybridized carbons (Fsp3) is 0.625. The number of ether oxygens (including phenoxy) is 1. The molecule has 1 fully saturated rings.